The van der Waals surface area contributed by atoms with Gasteiger partial charge >= 0.3 is 0 Å². The highest BCUT2D eigenvalue weighted by Crippen LogP contribution is 2.30. The number of ether oxygens (including phenoxy) is 1. The average Bonchev–Trinajstić information content (AvgIpc) is 3.00. The summed E-state index contributed by atoms with van der Waals surface area (Å²) in [5.74, 6) is 1.15. The van der Waals surface area contributed by atoms with Crippen LogP contribution in [0.15, 0.2) is 11.4 Å². The molecule has 1 aliphatic carbocycles. The molecule has 154 valence electrons. The molecule has 27 heavy (non-hydrogen) atoms. The van der Waals surface area contributed by atoms with Crippen molar-refractivity contribution in [1.29, 1.82) is 0 Å². The van der Waals surface area contributed by atoms with Gasteiger partial charge in [-0.25, -0.2) is 13.4 Å². The lowest BCUT2D eigenvalue weighted by Crippen LogP contribution is -2.37. The van der Waals surface area contributed by atoms with Crippen LogP contribution in [0.3, 0.4) is 0 Å². The summed E-state index contributed by atoms with van der Waals surface area (Å²) < 4.78 is 33.2. The number of likely N-dealkylation sites (tertiary alicyclic amines) is 1. The summed E-state index contributed by atoms with van der Waals surface area (Å²) in [6.07, 6.45) is 9.43. The van der Waals surface area contributed by atoms with Gasteiger partial charge in [0.1, 0.15) is 0 Å². The van der Waals surface area contributed by atoms with Crippen LogP contribution in [0.2, 0.25) is 0 Å². The second-order valence-corrected chi connectivity index (χ2v) is 10.2. The summed E-state index contributed by atoms with van der Waals surface area (Å²) in [6.45, 7) is 6.52. The zero-order valence-corrected chi connectivity index (χ0v) is 17.7. The fourth-order valence-electron chi connectivity index (χ4n) is 4.26. The third kappa shape index (κ3) is 5.33. The molecule has 6 nitrogen and oxygen atoms in total. The largest absolute Gasteiger partial charge is 0.384 e. The maximum absolute atomic E-state index is 12.9. The molecule has 1 aliphatic heterocycles. The topological polar surface area (TPSA) is 64.4 Å². The van der Waals surface area contributed by atoms with Crippen molar-refractivity contribution < 1.29 is 13.2 Å². The molecule has 0 spiro atoms. The number of rotatable bonds is 10. The zero-order valence-electron chi connectivity index (χ0n) is 16.9. The van der Waals surface area contributed by atoms with E-state index in [0.29, 0.717) is 17.0 Å². The summed E-state index contributed by atoms with van der Waals surface area (Å²) >= 11 is 0. The lowest BCUT2D eigenvalue weighted by molar-refractivity contribution is 0.0861. The van der Waals surface area contributed by atoms with Gasteiger partial charge in [0.05, 0.1) is 24.3 Å². The lowest BCUT2D eigenvalue weighted by Gasteiger charge is -2.32. The van der Waals surface area contributed by atoms with E-state index in [4.69, 9.17) is 4.74 Å². The van der Waals surface area contributed by atoms with Crippen molar-refractivity contribution in [2.75, 3.05) is 32.6 Å². The second-order valence-electron chi connectivity index (χ2n) is 8.31. The van der Waals surface area contributed by atoms with Crippen molar-refractivity contribution in [3.63, 3.8) is 0 Å². The Kier molecular flexibility index (Phi) is 7.34. The van der Waals surface area contributed by atoms with E-state index in [9.17, 15) is 8.42 Å². The van der Waals surface area contributed by atoms with Crippen molar-refractivity contribution in [3.05, 3.63) is 11.9 Å². The number of imidazole rings is 1. The molecule has 7 heteroatoms. The lowest BCUT2D eigenvalue weighted by atomic mass is 9.87. The number of unbranched alkanes of at least 4 members (excludes halogenated alkanes) is 1. The van der Waals surface area contributed by atoms with Crippen LogP contribution in [0.25, 0.3) is 0 Å². The highest BCUT2D eigenvalue weighted by Gasteiger charge is 2.30. The van der Waals surface area contributed by atoms with Gasteiger partial charge in [-0.2, -0.15) is 0 Å². The Morgan fingerprint density at radius 3 is 2.67 bits per heavy atom. The molecule has 1 aromatic heterocycles. The molecule has 3 rings (SSSR count). The Morgan fingerprint density at radius 1 is 1.22 bits per heavy atom. The molecule has 2 heterocycles. The SMILES string of the molecule is CCCCn1c(CN2CCCC(COC)C2)cnc1S(=O)(=O)CC1CCC1. The van der Waals surface area contributed by atoms with Crippen LogP contribution in [-0.4, -0.2) is 55.4 Å². The minimum Gasteiger partial charge on any atom is -0.384 e. The van der Waals surface area contributed by atoms with Crippen LogP contribution in [0.5, 0.6) is 0 Å². The first kappa shape index (κ1) is 20.8. The fraction of sp³-hybridized carbons (Fsp3) is 0.850. The van der Waals surface area contributed by atoms with Crippen molar-refractivity contribution in [1.82, 2.24) is 14.5 Å². The summed E-state index contributed by atoms with van der Waals surface area (Å²) in [5.41, 5.74) is 1.04. The van der Waals surface area contributed by atoms with Crippen LogP contribution in [0.1, 0.15) is 57.6 Å². The van der Waals surface area contributed by atoms with Crippen molar-refractivity contribution in [2.24, 2.45) is 11.8 Å². The molecule has 0 amide bonds. The number of nitrogens with zero attached hydrogens (tertiary/aromatic N) is 3. The molecule has 0 N–H and O–H groups in total. The van der Waals surface area contributed by atoms with Gasteiger partial charge in [-0.05, 0) is 50.5 Å². The van der Waals surface area contributed by atoms with Gasteiger partial charge in [0.15, 0.2) is 0 Å². The van der Waals surface area contributed by atoms with Crippen LogP contribution in [-0.2, 0) is 27.7 Å². The van der Waals surface area contributed by atoms with Gasteiger partial charge in [-0.15, -0.1) is 0 Å². The van der Waals surface area contributed by atoms with E-state index in [1.165, 1.54) is 12.8 Å². The third-order valence-corrected chi connectivity index (χ3v) is 7.78. The molecule has 1 unspecified atom stereocenters. The number of hydrogen-bond acceptors (Lipinski definition) is 5. The van der Waals surface area contributed by atoms with Gasteiger partial charge in [-0.3, -0.25) is 4.90 Å². The molecular weight excluding hydrogens is 362 g/mol. The van der Waals surface area contributed by atoms with E-state index in [2.05, 4.69) is 16.8 Å². The summed E-state index contributed by atoms with van der Waals surface area (Å²) in [4.78, 5) is 6.82. The minimum absolute atomic E-state index is 0.259. The molecule has 0 bridgehead atoms. The molecule has 1 atom stereocenters. The summed E-state index contributed by atoms with van der Waals surface area (Å²) in [7, 11) is -1.55. The Morgan fingerprint density at radius 2 is 2.00 bits per heavy atom. The Hall–Kier alpha value is -0.920. The quantitative estimate of drug-likeness (QED) is 0.607. The maximum Gasteiger partial charge on any atom is 0.227 e. The predicted octanol–water partition coefficient (Wildman–Crippen LogP) is 3.12. The summed E-state index contributed by atoms with van der Waals surface area (Å²) in [5, 5.41) is 0.295. The standard InChI is InChI=1S/C20H35N3O3S/c1-3-4-11-23-19(14-22-10-6-9-18(13-22)15-26-2)12-21-20(23)27(24,25)16-17-7-5-8-17/h12,17-18H,3-11,13-16H2,1-2H3. The van der Waals surface area contributed by atoms with E-state index in [0.717, 1.165) is 70.6 Å². The van der Waals surface area contributed by atoms with Crippen molar-refractivity contribution in [3.8, 4) is 0 Å². The first-order valence-corrected chi connectivity index (χ1v) is 12.2. The molecule has 0 radical (unpaired) electrons. The number of piperidine rings is 1. The van der Waals surface area contributed by atoms with E-state index in [-0.39, 0.29) is 5.75 Å². The maximum atomic E-state index is 12.9. The molecular formula is C20H35N3O3S. The first-order valence-electron chi connectivity index (χ1n) is 10.5. The van der Waals surface area contributed by atoms with Gasteiger partial charge in [-0.1, -0.05) is 19.8 Å². The first-order chi connectivity index (χ1) is 13.0. The van der Waals surface area contributed by atoms with Crippen LogP contribution in [0.4, 0.5) is 0 Å². The summed E-state index contributed by atoms with van der Waals surface area (Å²) in [6, 6.07) is 0. The average molecular weight is 398 g/mol. The van der Waals surface area contributed by atoms with Gasteiger partial charge < -0.3 is 9.30 Å². The number of methoxy groups -OCH3 is 1. The second kappa shape index (κ2) is 9.52. The smallest absolute Gasteiger partial charge is 0.227 e. The van der Waals surface area contributed by atoms with Crippen molar-refractivity contribution >= 4 is 9.84 Å². The fourth-order valence-corrected chi connectivity index (χ4v) is 6.12. The van der Waals surface area contributed by atoms with Crippen molar-refractivity contribution in [2.45, 2.75) is 70.1 Å². The third-order valence-electron chi connectivity index (χ3n) is 5.99. The molecule has 1 aromatic rings. The van der Waals surface area contributed by atoms with Gasteiger partial charge in [0, 0.05) is 26.7 Å². The van der Waals surface area contributed by atoms with Gasteiger partial charge in [0.2, 0.25) is 15.0 Å². The molecule has 1 saturated carbocycles. The minimum atomic E-state index is -3.31. The van der Waals surface area contributed by atoms with E-state index in [1.807, 2.05) is 4.57 Å². The van der Waals surface area contributed by atoms with Crippen LogP contribution in [0, 0.1) is 11.8 Å². The Balaban J connectivity index is 1.75. The van der Waals surface area contributed by atoms with Crippen LogP contribution < -0.4 is 0 Å². The zero-order chi connectivity index (χ0) is 19.3. The molecule has 0 aromatic carbocycles. The molecule has 2 aliphatic rings. The number of sulfone groups is 1. The highest BCUT2D eigenvalue weighted by atomic mass is 32.2. The Labute approximate surface area is 164 Å². The van der Waals surface area contributed by atoms with E-state index >= 15 is 0 Å². The molecule has 2 fully saturated rings. The Bertz CT molecular complexity index is 695. The highest BCUT2D eigenvalue weighted by molar-refractivity contribution is 7.91. The monoisotopic (exact) mass is 397 g/mol. The number of aromatic nitrogens is 2. The predicted molar refractivity (Wildman–Crippen MR) is 106 cm³/mol. The van der Waals surface area contributed by atoms with Crippen LogP contribution >= 0.6 is 0 Å². The number of hydrogen-bond donors (Lipinski definition) is 0. The van der Waals surface area contributed by atoms with E-state index in [1.54, 1.807) is 13.3 Å². The normalized spacial score (nSPS) is 22.1. The van der Waals surface area contributed by atoms with Gasteiger partial charge in [0.25, 0.3) is 0 Å². The van der Waals surface area contributed by atoms with E-state index < -0.39 is 9.84 Å². The molecule has 1 saturated heterocycles.